The fraction of sp³-hybridized carbons (Fsp3) is 0.294. The maximum absolute atomic E-state index is 12.7. The number of anilines is 1. The molecule has 1 fully saturated rings. The monoisotopic (exact) mass is 385 g/mol. The Morgan fingerprint density at radius 2 is 2.12 bits per heavy atom. The topological polar surface area (TPSA) is 63.2 Å². The summed E-state index contributed by atoms with van der Waals surface area (Å²) in [5.41, 5.74) is 0.219. The quantitative estimate of drug-likeness (QED) is 0.846. The maximum atomic E-state index is 12.7. The largest absolute Gasteiger partial charge is 0.416 e. The first-order chi connectivity index (χ1) is 12.3. The summed E-state index contributed by atoms with van der Waals surface area (Å²) in [7, 11) is 0. The molecule has 5 nitrogen and oxygen atoms in total. The van der Waals surface area contributed by atoms with E-state index in [0.29, 0.717) is 18.8 Å². The van der Waals surface area contributed by atoms with Gasteiger partial charge in [-0.2, -0.15) is 13.2 Å². The fourth-order valence-corrected chi connectivity index (χ4v) is 2.82. The maximum Gasteiger partial charge on any atom is 0.416 e. The van der Waals surface area contributed by atoms with Gasteiger partial charge in [-0.1, -0.05) is 11.6 Å². The van der Waals surface area contributed by atoms with Crippen molar-refractivity contribution in [1.82, 2.24) is 10.3 Å². The normalized spacial score (nSPS) is 17.8. The summed E-state index contributed by atoms with van der Waals surface area (Å²) < 4.78 is 43.7. The van der Waals surface area contributed by atoms with Crippen molar-refractivity contribution in [2.45, 2.75) is 12.3 Å². The van der Waals surface area contributed by atoms with Gasteiger partial charge in [-0.25, -0.2) is 0 Å². The summed E-state index contributed by atoms with van der Waals surface area (Å²) in [4.78, 5) is 16.4. The highest BCUT2D eigenvalue weighted by Gasteiger charge is 2.31. The summed E-state index contributed by atoms with van der Waals surface area (Å²) in [6, 6.07) is 4.30. The number of nitrogens with zero attached hydrogens (tertiary/aromatic N) is 1. The van der Waals surface area contributed by atoms with Crippen LogP contribution in [0.1, 0.15) is 27.6 Å². The molecule has 1 atom stereocenters. The summed E-state index contributed by atoms with van der Waals surface area (Å²) >= 11 is 5.84. The molecule has 1 aliphatic rings. The Bertz CT molecular complexity index is 808. The van der Waals surface area contributed by atoms with Crippen LogP contribution in [0.25, 0.3) is 0 Å². The van der Waals surface area contributed by atoms with Crippen LogP contribution in [0.2, 0.25) is 5.02 Å². The molecule has 1 amide bonds. The number of ether oxygens (including phenoxy) is 1. The smallest absolute Gasteiger partial charge is 0.371 e. The fourth-order valence-electron chi connectivity index (χ4n) is 2.56. The van der Waals surface area contributed by atoms with Crippen LogP contribution in [0.15, 0.2) is 36.7 Å². The van der Waals surface area contributed by atoms with E-state index in [-0.39, 0.29) is 16.7 Å². The Balaban J connectivity index is 1.76. The van der Waals surface area contributed by atoms with E-state index in [1.807, 2.05) is 0 Å². The minimum Gasteiger partial charge on any atom is -0.371 e. The Labute approximate surface area is 152 Å². The molecular weight excluding hydrogens is 371 g/mol. The predicted octanol–water partition coefficient (Wildman–Crippen LogP) is 3.67. The Hall–Kier alpha value is -2.16. The van der Waals surface area contributed by atoms with Gasteiger partial charge in [0.2, 0.25) is 0 Å². The van der Waals surface area contributed by atoms with Gasteiger partial charge in [0.25, 0.3) is 5.91 Å². The Kier molecular flexibility index (Phi) is 5.45. The second kappa shape index (κ2) is 7.61. The molecule has 26 heavy (non-hydrogen) atoms. The van der Waals surface area contributed by atoms with Gasteiger partial charge in [0.05, 0.1) is 40.7 Å². The van der Waals surface area contributed by atoms with E-state index in [1.165, 1.54) is 6.20 Å². The molecule has 0 spiro atoms. The van der Waals surface area contributed by atoms with Crippen LogP contribution in [0, 0.1) is 0 Å². The van der Waals surface area contributed by atoms with Gasteiger partial charge in [-0.15, -0.1) is 0 Å². The van der Waals surface area contributed by atoms with Crippen molar-refractivity contribution >= 4 is 23.2 Å². The SMILES string of the molecule is O=C(Nc1cncc(C2CNCCO2)c1)c1ccc(C(F)(F)F)cc1Cl. The minimum atomic E-state index is -4.52. The van der Waals surface area contributed by atoms with Gasteiger partial charge in [0.15, 0.2) is 0 Å². The van der Waals surface area contributed by atoms with Crippen molar-refractivity contribution in [2.75, 3.05) is 25.0 Å². The van der Waals surface area contributed by atoms with Crippen LogP contribution in [-0.2, 0) is 10.9 Å². The zero-order chi connectivity index (χ0) is 18.7. The molecule has 1 unspecified atom stereocenters. The molecule has 1 aliphatic heterocycles. The molecule has 138 valence electrons. The third-order valence-electron chi connectivity index (χ3n) is 3.86. The summed E-state index contributed by atoms with van der Waals surface area (Å²) in [6.45, 7) is 1.97. The number of aromatic nitrogens is 1. The van der Waals surface area contributed by atoms with E-state index in [4.69, 9.17) is 16.3 Å². The minimum absolute atomic E-state index is 0.0550. The lowest BCUT2D eigenvalue weighted by atomic mass is 10.1. The standard InChI is InChI=1S/C17H15ClF3N3O2/c18-14-6-11(17(19,20)21)1-2-13(14)16(25)24-12-5-10(7-23-8-12)15-9-22-3-4-26-15/h1-2,5-8,15,22H,3-4,9H2,(H,24,25). The number of rotatable bonds is 3. The molecule has 0 radical (unpaired) electrons. The first kappa shape index (κ1) is 18.6. The van der Waals surface area contributed by atoms with E-state index in [1.54, 1.807) is 12.3 Å². The molecular formula is C17H15ClF3N3O2. The highest BCUT2D eigenvalue weighted by atomic mass is 35.5. The van der Waals surface area contributed by atoms with E-state index in [9.17, 15) is 18.0 Å². The van der Waals surface area contributed by atoms with E-state index < -0.39 is 17.6 Å². The van der Waals surface area contributed by atoms with Gasteiger partial charge in [-0.05, 0) is 24.3 Å². The molecule has 0 bridgehead atoms. The van der Waals surface area contributed by atoms with Crippen LogP contribution in [0.5, 0.6) is 0 Å². The number of alkyl halides is 3. The molecule has 0 aliphatic carbocycles. The second-order valence-corrected chi connectivity index (χ2v) is 6.12. The van der Waals surface area contributed by atoms with Crippen LogP contribution in [-0.4, -0.2) is 30.6 Å². The number of halogens is 4. The summed E-state index contributed by atoms with van der Waals surface area (Å²) in [5.74, 6) is -0.620. The van der Waals surface area contributed by atoms with E-state index in [2.05, 4.69) is 15.6 Å². The highest BCUT2D eigenvalue weighted by molar-refractivity contribution is 6.34. The molecule has 2 heterocycles. The van der Waals surface area contributed by atoms with Gasteiger partial charge in [-0.3, -0.25) is 9.78 Å². The second-order valence-electron chi connectivity index (χ2n) is 5.72. The van der Waals surface area contributed by atoms with Crippen molar-refractivity contribution < 1.29 is 22.7 Å². The van der Waals surface area contributed by atoms with Crippen LogP contribution in [0.3, 0.4) is 0 Å². The zero-order valence-electron chi connectivity index (χ0n) is 13.4. The molecule has 9 heteroatoms. The Morgan fingerprint density at radius 3 is 2.77 bits per heavy atom. The third kappa shape index (κ3) is 4.32. The molecule has 3 rings (SSSR count). The van der Waals surface area contributed by atoms with Crippen LogP contribution < -0.4 is 10.6 Å². The highest BCUT2D eigenvalue weighted by Crippen LogP contribution is 2.32. The molecule has 1 aromatic carbocycles. The average molecular weight is 386 g/mol. The summed E-state index contributed by atoms with van der Waals surface area (Å²) in [6.07, 6.45) is -1.62. The number of morpholine rings is 1. The number of carbonyl (C=O) groups excluding carboxylic acids is 1. The number of pyridine rings is 1. The first-order valence-electron chi connectivity index (χ1n) is 7.80. The first-order valence-corrected chi connectivity index (χ1v) is 8.18. The zero-order valence-corrected chi connectivity index (χ0v) is 14.2. The number of amides is 1. The van der Waals surface area contributed by atoms with Crippen molar-refractivity contribution in [3.05, 3.63) is 58.4 Å². The number of hydrogen-bond donors (Lipinski definition) is 2. The predicted molar refractivity (Wildman–Crippen MR) is 90.2 cm³/mol. The average Bonchev–Trinajstić information content (AvgIpc) is 2.61. The Morgan fingerprint density at radius 1 is 1.31 bits per heavy atom. The molecule has 1 saturated heterocycles. The number of hydrogen-bond acceptors (Lipinski definition) is 4. The number of benzene rings is 1. The van der Waals surface area contributed by atoms with Crippen molar-refractivity contribution in [3.8, 4) is 0 Å². The van der Waals surface area contributed by atoms with Gasteiger partial charge < -0.3 is 15.4 Å². The molecule has 1 aromatic heterocycles. The van der Waals surface area contributed by atoms with Crippen LogP contribution in [0.4, 0.5) is 18.9 Å². The van der Waals surface area contributed by atoms with Gasteiger partial charge in [0.1, 0.15) is 0 Å². The van der Waals surface area contributed by atoms with Gasteiger partial charge in [0, 0.05) is 24.8 Å². The molecule has 2 N–H and O–H groups in total. The van der Waals surface area contributed by atoms with Crippen molar-refractivity contribution in [2.24, 2.45) is 0 Å². The van der Waals surface area contributed by atoms with E-state index in [0.717, 1.165) is 30.3 Å². The van der Waals surface area contributed by atoms with Crippen molar-refractivity contribution in [3.63, 3.8) is 0 Å². The molecule has 0 saturated carbocycles. The van der Waals surface area contributed by atoms with E-state index >= 15 is 0 Å². The number of carbonyl (C=O) groups is 1. The third-order valence-corrected chi connectivity index (χ3v) is 4.17. The lowest BCUT2D eigenvalue weighted by Crippen LogP contribution is -2.33. The number of nitrogens with one attached hydrogen (secondary N) is 2. The lowest BCUT2D eigenvalue weighted by molar-refractivity contribution is -0.137. The molecule has 2 aromatic rings. The van der Waals surface area contributed by atoms with Crippen LogP contribution >= 0.6 is 11.6 Å². The van der Waals surface area contributed by atoms with Gasteiger partial charge >= 0.3 is 6.18 Å². The lowest BCUT2D eigenvalue weighted by Gasteiger charge is -2.24. The van der Waals surface area contributed by atoms with Crippen molar-refractivity contribution in [1.29, 1.82) is 0 Å². The summed E-state index contributed by atoms with van der Waals surface area (Å²) in [5, 5.41) is 5.51.